The van der Waals surface area contributed by atoms with Crippen molar-refractivity contribution >= 4 is 32.3 Å². The summed E-state index contributed by atoms with van der Waals surface area (Å²) in [6.45, 7) is 0. The molecule has 9 aromatic rings. The van der Waals surface area contributed by atoms with Gasteiger partial charge in [-0.3, -0.25) is 0 Å². The van der Waals surface area contributed by atoms with Crippen molar-refractivity contribution in [3.8, 4) is 56.4 Å². The van der Waals surface area contributed by atoms with E-state index in [-0.39, 0.29) is 0 Å². The molecule has 0 saturated heterocycles. The lowest BCUT2D eigenvalue weighted by atomic mass is 9.95. The van der Waals surface area contributed by atoms with E-state index in [1.165, 1.54) is 43.8 Å². The predicted octanol–water partition coefficient (Wildman–Crippen LogP) is 11.7. The molecular formula is C45H29N3. The highest BCUT2D eigenvalue weighted by Crippen LogP contribution is 2.33. The highest BCUT2D eigenvalue weighted by molar-refractivity contribution is 5.92. The first-order chi connectivity index (χ1) is 23.7. The zero-order valence-corrected chi connectivity index (χ0v) is 26.1. The summed E-state index contributed by atoms with van der Waals surface area (Å²) >= 11 is 0. The molecule has 0 amide bonds. The molecule has 48 heavy (non-hydrogen) atoms. The average Bonchev–Trinajstić information content (AvgIpc) is 3.17. The third-order valence-corrected chi connectivity index (χ3v) is 9.05. The van der Waals surface area contributed by atoms with Gasteiger partial charge in [-0.15, -0.1) is 0 Å². The summed E-state index contributed by atoms with van der Waals surface area (Å²) in [4.78, 5) is 14.9. The lowest BCUT2D eigenvalue weighted by Crippen LogP contribution is -2.00. The van der Waals surface area contributed by atoms with Crippen LogP contribution in [-0.4, -0.2) is 15.0 Å². The number of fused-ring (bicyclic) bond motifs is 3. The van der Waals surface area contributed by atoms with Crippen LogP contribution >= 0.6 is 0 Å². The van der Waals surface area contributed by atoms with E-state index in [9.17, 15) is 0 Å². The van der Waals surface area contributed by atoms with Gasteiger partial charge in [0.15, 0.2) is 17.5 Å². The van der Waals surface area contributed by atoms with Crippen molar-refractivity contribution in [2.75, 3.05) is 0 Å². The molecule has 0 saturated carbocycles. The average molecular weight is 612 g/mol. The second kappa shape index (κ2) is 11.7. The zero-order valence-electron chi connectivity index (χ0n) is 26.1. The van der Waals surface area contributed by atoms with Gasteiger partial charge in [0.25, 0.3) is 0 Å². The van der Waals surface area contributed by atoms with Gasteiger partial charge in [-0.05, 0) is 84.9 Å². The summed E-state index contributed by atoms with van der Waals surface area (Å²) in [6, 6.07) is 62.0. The molecule has 0 N–H and O–H groups in total. The number of hydrogen-bond donors (Lipinski definition) is 0. The van der Waals surface area contributed by atoms with Crippen LogP contribution in [0.1, 0.15) is 0 Å². The van der Waals surface area contributed by atoms with Crippen LogP contribution in [0.25, 0.3) is 88.7 Å². The Morgan fingerprint density at radius 3 is 1.06 bits per heavy atom. The minimum atomic E-state index is 0.654. The van der Waals surface area contributed by atoms with Crippen LogP contribution in [-0.2, 0) is 0 Å². The van der Waals surface area contributed by atoms with Crippen molar-refractivity contribution in [2.45, 2.75) is 0 Å². The minimum absolute atomic E-state index is 0.654. The van der Waals surface area contributed by atoms with E-state index in [0.717, 1.165) is 27.5 Å². The Hall–Kier alpha value is -6.45. The van der Waals surface area contributed by atoms with E-state index in [2.05, 4.69) is 146 Å². The third-order valence-electron chi connectivity index (χ3n) is 9.05. The van der Waals surface area contributed by atoms with Crippen molar-refractivity contribution in [2.24, 2.45) is 0 Å². The molecule has 3 heteroatoms. The Morgan fingerprint density at radius 1 is 0.208 bits per heavy atom. The van der Waals surface area contributed by atoms with Crippen LogP contribution in [0.3, 0.4) is 0 Å². The first-order valence-corrected chi connectivity index (χ1v) is 16.2. The summed E-state index contributed by atoms with van der Waals surface area (Å²) in [5, 5.41) is 7.15. The Morgan fingerprint density at radius 2 is 0.542 bits per heavy atom. The molecule has 3 nitrogen and oxygen atoms in total. The fourth-order valence-corrected chi connectivity index (χ4v) is 6.49. The molecule has 0 bridgehead atoms. The van der Waals surface area contributed by atoms with Crippen molar-refractivity contribution in [3.63, 3.8) is 0 Å². The first kappa shape index (κ1) is 27.8. The highest BCUT2D eigenvalue weighted by Gasteiger charge is 2.14. The summed E-state index contributed by atoms with van der Waals surface area (Å²) in [7, 11) is 0. The van der Waals surface area contributed by atoms with E-state index in [1.54, 1.807) is 0 Å². The molecule has 0 aliphatic carbocycles. The Labute approximate surface area is 278 Å². The second-order valence-electron chi connectivity index (χ2n) is 12.2. The van der Waals surface area contributed by atoms with Crippen molar-refractivity contribution in [1.29, 1.82) is 0 Å². The van der Waals surface area contributed by atoms with E-state index in [0.29, 0.717) is 17.5 Å². The summed E-state index contributed by atoms with van der Waals surface area (Å²) in [6.07, 6.45) is 0. The Bertz CT molecular complexity index is 2620. The standard InChI is InChI=1S/C45H29N3/c1-2-11-32(12-3-1)43-46-44(41-23-18-31-10-5-7-14-34(31)28-41)48-45(47-43)42-24-22-39-27-38(20-21-40(39)29-42)36-16-8-15-35(26-36)37-19-17-30-9-4-6-13-33(30)25-37/h1-29H. The molecule has 8 aromatic carbocycles. The van der Waals surface area contributed by atoms with Crippen LogP contribution in [0.5, 0.6) is 0 Å². The van der Waals surface area contributed by atoms with Gasteiger partial charge in [-0.2, -0.15) is 0 Å². The van der Waals surface area contributed by atoms with Gasteiger partial charge in [0.2, 0.25) is 0 Å². The Balaban J connectivity index is 1.09. The molecule has 0 atom stereocenters. The molecular weight excluding hydrogens is 583 g/mol. The fourth-order valence-electron chi connectivity index (χ4n) is 6.49. The first-order valence-electron chi connectivity index (χ1n) is 16.2. The number of benzene rings is 8. The molecule has 0 radical (unpaired) electrons. The van der Waals surface area contributed by atoms with Gasteiger partial charge in [0.05, 0.1) is 0 Å². The number of aromatic nitrogens is 3. The van der Waals surface area contributed by atoms with Crippen LogP contribution in [0.15, 0.2) is 176 Å². The zero-order chi connectivity index (χ0) is 31.9. The third kappa shape index (κ3) is 5.28. The van der Waals surface area contributed by atoms with E-state index in [1.807, 2.05) is 30.3 Å². The maximum Gasteiger partial charge on any atom is 0.164 e. The van der Waals surface area contributed by atoms with Gasteiger partial charge in [0, 0.05) is 16.7 Å². The number of rotatable bonds is 5. The van der Waals surface area contributed by atoms with Crippen molar-refractivity contribution < 1.29 is 0 Å². The molecule has 224 valence electrons. The maximum atomic E-state index is 5.01. The number of hydrogen-bond acceptors (Lipinski definition) is 3. The summed E-state index contributed by atoms with van der Waals surface area (Å²) in [5.74, 6) is 1.97. The summed E-state index contributed by atoms with van der Waals surface area (Å²) < 4.78 is 0. The molecule has 0 aliphatic rings. The smallest absolute Gasteiger partial charge is 0.164 e. The topological polar surface area (TPSA) is 38.7 Å². The molecule has 1 aromatic heterocycles. The molecule has 0 spiro atoms. The van der Waals surface area contributed by atoms with Crippen molar-refractivity contribution in [1.82, 2.24) is 15.0 Å². The van der Waals surface area contributed by atoms with E-state index < -0.39 is 0 Å². The van der Waals surface area contributed by atoms with Crippen LogP contribution < -0.4 is 0 Å². The second-order valence-corrected chi connectivity index (χ2v) is 12.2. The highest BCUT2D eigenvalue weighted by atomic mass is 15.0. The maximum absolute atomic E-state index is 5.01. The monoisotopic (exact) mass is 611 g/mol. The van der Waals surface area contributed by atoms with Gasteiger partial charge in [-0.25, -0.2) is 15.0 Å². The molecule has 0 aliphatic heterocycles. The van der Waals surface area contributed by atoms with E-state index in [4.69, 9.17) is 15.0 Å². The molecule has 9 rings (SSSR count). The minimum Gasteiger partial charge on any atom is -0.208 e. The van der Waals surface area contributed by atoms with Gasteiger partial charge < -0.3 is 0 Å². The van der Waals surface area contributed by atoms with Crippen LogP contribution in [0.4, 0.5) is 0 Å². The predicted molar refractivity (Wildman–Crippen MR) is 200 cm³/mol. The molecule has 1 heterocycles. The lowest BCUT2D eigenvalue weighted by Gasteiger charge is -2.11. The molecule has 0 unspecified atom stereocenters. The van der Waals surface area contributed by atoms with E-state index >= 15 is 0 Å². The summed E-state index contributed by atoms with van der Waals surface area (Å²) in [5.41, 5.74) is 7.68. The van der Waals surface area contributed by atoms with Gasteiger partial charge in [0.1, 0.15) is 0 Å². The van der Waals surface area contributed by atoms with Gasteiger partial charge >= 0.3 is 0 Å². The van der Waals surface area contributed by atoms with Crippen LogP contribution in [0.2, 0.25) is 0 Å². The van der Waals surface area contributed by atoms with Crippen LogP contribution in [0, 0.1) is 0 Å². The molecule has 0 fully saturated rings. The fraction of sp³-hybridized carbons (Fsp3) is 0. The van der Waals surface area contributed by atoms with Crippen molar-refractivity contribution in [3.05, 3.63) is 176 Å². The SMILES string of the molecule is c1ccc(-c2nc(-c3ccc4ccccc4c3)nc(-c3ccc4cc(-c5cccc(-c6ccc7ccccc7c6)c5)ccc4c3)n2)cc1. The normalized spacial score (nSPS) is 11.3. The quantitative estimate of drug-likeness (QED) is 0.194. The Kier molecular flexibility index (Phi) is 6.80. The van der Waals surface area contributed by atoms with Gasteiger partial charge in [-0.1, -0.05) is 146 Å². The largest absolute Gasteiger partial charge is 0.208 e. The number of nitrogens with zero attached hydrogens (tertiary/aromatic N) is 3. The lowest BCUT2D eigenvalue weighted by molar-refractivity contribution is 1.08.